The molecule has 0 radical (unpaired) electrons. The second kappa shape index (κ2) is 8.95. The van der Waals surface area contributed by atoms with Crippen molar-refractivity contribution >= 4 is 44.8 Å². The fourth-order valence-electron chi connectivity index (χ4n) is 2.86. The highest BCUT2D eigenvalue weighted by Crippen LogP contribution is 2.30. The van der Waals surface area contributed by atoms with Crippen LogP contribution in [0.1, 0.15) is 18.9 Å². The Labute approximate surface area is 170 Å². The Morgan fingerprint density at radius 1 is 1.07 bits per heavy atom. The molecule has 1 atom stereocenters. The molecular formula is C19H22Cl2N2O3S. The molecule has 0 saturated carbocycles. The molecule has 27 heavy (non-hydrogen) atoms. The molecule has 0 spiro atoms. The second-order valence-electron chi connectivity index (χ2n) is 6.26. The summed E-state index contributed by atoms with van der Waals surface area (Å²) >= 11 is 12.0. The molecule has 0 aromatic heterocycles. The molecule has 0 saturated heterocycles. The van der Waals surface area contributed by atoms with E-state index >= 15 is 0 Å². The molecule has 0 aliphatic rings. The molecule has 0 heterocycles. The third kappa shape index (κ3) is 5.37. The van der Waals surface area contributed by atoms with E-state index in [9.17, 15) is 13.2 Å². The summed E-state index contributed by atoms with van der Waals surface area (Å²) in [6.45, 7) is 2.16. The zero-order valence-corrected chi connectivity index (χ0v) is 17.7. The predicted molar refractivity (Wildman–Crippen MR) is 111 cm³/mol. The van der Waals surface area contributed by atoms with Crippen LogP contribution in [-0.4, -0.2) is 38.6 Å². The number of sulfonamides is 1. The number of rotatable bonds is 7. The van der Waals surface area contributed by atoms with Crippen LogP contribution in [0.3, 0.4) is 0 Å². The van der Waals surface area contributed by atoms with E-state index in [-0.39, 0.29) is 10.9 Å². The van der Waals surface area contributed by atoms with Gasteiger partial charge in [-0.15, -0.1) is 0 Å². The number of amides is 1. The van der Waals surface area contributed by atoms with Gasteiger partial charge in [-0.1, -0.05) is 60.5 Å². The van der Waals surface area contributed by atoms with Crippen molar-refractivity contribution < 1.29 is 13.2 Å². The number of nitrogens with zero attached hydrogens (tertiary/aromatic N) is 2. The molecule has 0 fully saturated rings. The number of anilines is 1. The molecule has 2 aromatic rings. The summed E-state index contributed by atoms with van der Waals surface area (Å²) in [7, 11) is -2.07. The third-order valence-electron chi connectivity index (χ3n) is 4.11. The largest absolute Gasteiger partial charge is 0.340 e. The van der Waals surface area contributed by atoms with Crippen LogP contribution < -0.4 is 4.31 Å². The fourth-order valence-corrected chi connectivity index (χ4v) is 4.35. The van der Waals surface area contributed by atoms with E-state index in [1.165, 1.54) is 17.0 Å². The van der Waals surface area contributed by atoms with Gasteiger partial charge in [0.05, 0.1) is 22.0 Å². The maximum atomic E-state index is 13.1. The number of carbonyl (C=O) groups excluding carboxylic acids is 1. The van der Waals surface area contributed by atoms with Crippen molar-refractivity contribution in [2.75, 3.05) is 17.6 Å². The van der Waals surface area contributed by atoms with Crippen LogP contribution in [0.25, 0.3) is 0 Å². The number of carbonyl (C=O) groups is 1. The summed E-state index contributed by atoms with van der Waals surface area (Å²) < 4.78 is 26.1. The van der Waals surface area contributed by atoms with Crippen LogP contribution in [0.4, 0.5) is 5.69 Å². The summed E-state index contributed by atoms with van der Waals surface area (Å²) in [5.74, 6) is -0.294. The van der Waals surface area contributed by atoms with Crippen LogP contribution in [0.2, 0.25) is 10.0 Å². The van der Waals surface area contributed by atoms with Crippen molar-refractivity contribution in [2.45, 2.75) is 25.9 Å². The minimum atomic E-state index is -3.73. The Bertz CT molecular complexity index is 904. The van der Waals surface area contributed by atoms with Crippen molar-refractivity contribution in [2.24, 2.45) is 0 Å². The number of hydrogen-bond donors (Lipinski definition) is 0. The molecule has 146 valence electrons. The minimum Gasteiger partial charge on any atom is -0.340 e. The molecule has 8 heteroatoms. The lowest BCUT2D eigenvalue weighted by atomic mass is 10.1. The molecule has 1 unspecified atom stereocenters. The Balaban J connectivity index is 2.36. The third-order valence-corrected chi connectivity index (χ3v) is 6.03. The van der Waals surface area contributed by atoms with Gasteiger partial charge in [-0.3, -0.25) is 9.10 Å². The van der Waals surface area contributed by atoms with Gasteiger partial charge in [0.15, 0.2) is 0 Å². The van der Waals surface area contributed by atoms with Crippen LogP contribution >= 0.6 is 23.2 Å². The normalized spacial score (nSPS) is 12.5. The van der Waals surface area contributed by atoms with Crippen molar-refractivity contribution in [1.82, 2.24) is 4.90 Å². The lowest BCUT2D eigenvalue weighted by molar-refractivity contribution is -0.131. The van der Waals surface area contributed by atoms with E-state index in [4.69, 9.17) is 23.2 Å². The van der Waals surface area contributed by atoms with E-state index in [0.29, 0.717) is 23.7 Å². The SMILES string of the molecule is CCC(C(=O)N(C)Cc1ccccc1)N(c1ccc(Cl)c(Cl)c1)S(C)(=O)=O. The molecule has 5 nitrogen and oxygen atoms in total. The van der Waals surface area contributed by atoms with Crippen LogP contribution in [-0.2, 0) is 21.4 Å². The maximum absolute atomic E-state index is 13.1. The van der Waals surface area contributed by atoms with Crippen molar-refractivity contribution in [3.05, 3.63) is 64.1 Å². The van der Waals surface area contributed by atoms with Crippen molar-refractivity contribution in [3.8, 4) is 0 Å². The molecule has 0 bridgehead atoms. The smallest absolute Gasteiger partial charge is 0.246 e. The molecule has 0 aliphatic heterocycles. The topological polar surface area (TPSA) is 57.7 Å². The molecule has 0 N–H and O–H groups in total. The Morgan fingerprint density at radius 2 is 1.70 bits per heavy atom. The van der Waals surface area contributed by atoms with E-state index < -0.39 is 16.1 Å². The number of benzene rings is 2. The predicted octanol–water partition coefficient (Wildman–Crippen LogP) is 4.20. The van der Waals surface area contributed by atoms with Gasteiger partial charge in [0.2, 0.25) is 15.9 Å². The summed E-state index contributed by atoms with van der Waals surface area (Å²) in [4.78, 5) is 14.6. The van der Waals surface area contributed by atoms with Gasteiger partial charge in [0.25, 0.3) is 0 Å². The standard InChI is InChI=1S/C19H22Cl2N2O3S/c1-4-18(19(24)22(2)13-14-8-6-5-7-9-14)23(27(3,25)26)15-10-11-16(20)17(21)12-15/h5-12,18H,4,13H2,1-3H3. The minimum absolute atomic E-state index is 0.225. The Morgan fingerprint density at radius 3 is 2.22 bits per heavy atom. The van der Waals surface area contributed by atoms with E-state index in [0.717, 1.165) is 16.1 Å². The highest BCUT2D eigenvalue weighted by Gasteiger charge is 2.33. The Hall–Kier alpha value is -1.76. The first-order valence-corrected chi connectivity index (χ1v) is 11.0. The first-order chi connectivity index (χ1) is 12.6. The highest BCUT2D eigenvalue weighted by atomic mass is 35.5. The number of likely N-dealkylation sites (N-methyl/N-ethyl adjacent to an activating group) is 1. The van der Waals surface area contributed by atoms with E-state index in [1.54, 1.807) is 20.0 Å². The van der Waals surface area contributed by atoms with Crippen LogP contribution in [0.5, 0.6) is 0 Å². The van der Waals surface area contributed by atoms with Gasteiger partial charge in [0.1, 0.15) is 6.04 Å². The second-order valence-corrected chi connectivity index (χ2v) is 8.94. The van der Waals surface area contributed by atoms with Gasteiger partial charge in [-0.25, -0.2) is 8.42 Å². The zero-order chi connectivity index (χ0) is 20.2. The first-order valence-electron chi connectivity index (χ1n) is 8.38. The summed E-state index contributed by atoms with van der Waals surface area (Å²) in [6, 6.07) is 13.1. The number of hydrogen-bond acceptors (Lipinski definition) is 3. The molecule has 0 aliphatic carbocycles. The summed E-state index contributed by atoms with van der Waals surface area (Å²) in [5.41, 5.74) is 1.27. The molecule has 2 aromatic carbocycles. The molecular weight excluding hydrogens is 407 g/mol. The molecule has 2 rings (SSSR count). The first kappa shape index (κ1) is 21.5. The van der Waals surface area contributed by atoms with Gasteiger partial charge >= 0.3 is 0 Å². The lowest BCUT2D eigenvalue weighted by Crippen LogP contribution is -2.49. The average Bonchev–Trinajstić information content (AvgIpc) is 2.61. The van der Waals surface area contributed by atoms with E-state index in [2.05, 4.69) is 0 Å². The Kier molecular flexibility index (Phi) is 7.14. The maximum Gasteiger partial charge on any atom is 0.246 e. The fraction of sp³-hybridized carbons (Fsp3) is 0.316. The van der Waals surface area contributed by atoms with E-state index in [1.807, 2.05) is 30.3 Å². The van der Waals surface area contributed by atoms with Crippen molar-refractivity contribution in [1.29, 1.82) is 0 Å². The highest BCUT2D eigenvalue weighted by molar-refractivity contribution is 7.92. The zero-order valence-electron chi connectivity index (χ0n) is 15.4. The van der Waals surface area contributed by atoms with Crippen LogP contribution in [0, 0.1) is 0 Å². The molecule has 1 amide bonds. The van der Waals surface area contributed by atoms with Crippen molar-refractivity contribution in [3.63, 3.8) is 0 Å². The van der Waals surface area contributed by atoms with Gasteiger partial charge in [0, 0.05) is 13.6 Å². The number of halogens is 2. The lowest BCUT2D eigenvalue weighted by Gasteiger charge is -2.33. The van der Waals surface area contributed by atoms with Gasteiger partial charge in [-0.05, 0) is 30.2 Å². The van der Waals surface area contributed by atoms with Gasteiger partial charge in [-0.2, -0.15) is 0 Å². The van der Waals surface area contributed by atoms with Crippen LogP contribution in [0.15, 0.2) is 48.5 Å². The quantitative estimate of drug-likeness (QED) is 0.663. The average molecular weight is 429 g/mol. The summed E-state index contributed by atoms with van der Waals surface area (Å²) in [6.07, 6.45) is 1.38. The summed E-state index contributed by atoms with van der Waals surface area (Å²) in [5, 5.41) is 0.539. The monoisotopic (exact) mass is 428 g/mol. The van der Waals surface area contributed by atoms with Gasteiger partial charge < -0.3 is 4.90 Å².